The molecular formula is C13H17N5O. The van der Waals surface area contributed by atoms with Crippen LogP contribution in [-0.4, -0.2) is 36.0 Å². The SMILES string of the molecule is CCNc1nc(NCC(=O)NC)c2ccccc2n1. The quantitative estimate of drug-likeness (QED) is 0.752. The number of amides is 1. The number of aromatic nitrogens is 2. The number of hydrogen-bond donors (Lipinski definition) is 3. The van der Waals surface area contributed by atoms with Gasteiger partial charge in [0.25, 0.3) is 0 Å². The maximum Gasteiger partial charge on any atom is 0.239 e. The van der Waals surface area contributed by atoms with Gasteiger partial charge in [-0.2, -0.15) is 4.98 Å². The Morgan fingerprint density at radius 2 is 2.00 bits per heavy atom. The molecule has 0 fully saturated rings. The van der Waals surface area contributed by atoms with Crippen LogP contribution in [0, 0.1) is 0 Å². The number of likely N-dealkylation sites (N-methyl/N-ethyl adjacent to an activating group) is 1. The van der Waals surface area contributed by atoms with Crippen LogP contribution in [0.2, 0.25) is 0 Å². The molecule has 2 rings (SSSR count). The summed E-state index contributed by atoms with van der Waals surface area (Å²) in [5.74, 6) is 1.12. The lowest BCUT2D eigenvalue weighted by Gasteiger charge is -2.10. The number of benzene rings is 1. The van der Waals surface area contributed by atoms with Crippen LogP contribution in [0.3, 0.4) is 0 Å². The minimum Gasteiger partial charge on any atom is -0.360 e. The minimum absolute atomic E-state index is 0.0901. The summed E-state index contributed by atoms with van der Waals surface area (Å²) >= 11 is 0. The maximum atomic E-state index is 11.3. The Hall–Kier alpha value is -2.37. The summed E-state index contributed by atoms with van der Waals surface area (Å²) in [5, 5.41) is 9.57. The second kappa shape index (κ2) is 5.99. The largest absolute Gasteiger partial charge is 0.360 e. The summed E-state index contributed by atoms with van der Waals surface area (Å²) in [6.45, 7) is 2.91. The lowest BCUT2D eigenvalue weighted by atomic mass is 10.2. The molecule has 1 aromatic heterocycles. The fourth-order valence-electron chi connectivity index (χ4n) is 1.70. The Morgan fingerprint density at radius 1 is 1.21 bits per heavy atom. The van der Waals surface area contributed by atoms with Crippen molar-refractivity contribution in [2.75, 3.05) is 30.8 Å². The molecule has 19 heavy (non-hydrogen) atoms. The molecule has 0 bridgehead atoms. The van der Waals surface area contributed by atoms with Gasteiger partial charge in [-0.1, -0.05) is 12.1 Å². The number of rotatable bonds is 5. The van der Waals surface area contributed by atoms with Gasteiger partial charge in [-0.15, -0.1) is 0 Å². The van der Waals surface area contributed by atoms with Gasteiger partial charge in [-0.25, -0.2) is 4.98 Å². The maximum absolute atomic E-state index is 11.3. The van der Waals surface area contributed by atoms with Crippen molar-refractivity contribution < 1.29 is 4.79 Å². The molecule has 0 aliphatic carbocycles. The third-order valence-corrected chi connectivity index (χ3v) is 2.63. The van der Waals surface area contributed by atoms with Crippen molar-refractivity contribution in [2.45, 2.75) is 6.92 Å². The van der Waals surface area contributed by atoms with Crippen molar-refractivity contribution in [1.29, 1.82) is 0 Å². The summed E-state index contributed by atoms with van der Waals surface area (Å²) in [5.41, 5.74) is 0.841. The van der Waals surface area contributed by atoms with E-state index in [1.54, 1.807) is 7.05 Å². The molecule has 0 spiro atoms. The van der Waals surface area contributed by atoms with E-state index in [0.29, 0.717) is 11.8 Å². The Morgan fingerprint density at radius 3 is 2.74 bits per heavy atom. The Kier molecular flexibility index (Phi) is 4.12. The summed E-state index contributed by atoms with van der Waals surface area (Å²) < 4.78 is 0. The summed E-state index contributed by atoms with van der Waals surface area (Å²) in [7, 11) is 1.60. The molecule has 0 saturated heterocycles. The zero-order valence-electron chi connectivity index (χ0n) is 11.0. The fraction of sp³-hybridized carbons (Fsp3) is 0.308. The van der Waals surface area contributed by atoms with E-state index < -0.39 is 0 Å². The highest BCUT2D eigenvalue weighted by molar-refractivity contribution is 5.91. The van der Waals surface area contributed by atoms with Gasteiger partial charge in [0.2, 0.25) is 11.9 Å². The van der Waals surface area contributed by atoms with Gasteiger partial charge in [0.1, 0.15) is 5.82 Å². The van der Waals surface area contributed by atoms with E-state index in [4.69, 9.17) is 0 Å². The Balaban J connectivity index is 2.35. The monoisotopic (exact) mass is 259 g/mol. The van der Waals surface area contributed by atoms with Gasteiger partial charge in [-0.3, -0.25) is 4.79 Å². The van der Waals surface area contributed by atoms with Crippen molar-refractivity contribution in [3.05, 3.63) is 24.3 Å². The van der Waals surface area contributed by atoms with Crippen molar-refractivity contribution in [2.24, 2.45) is 0 Å². The van der Waals surface area contributed by atoms with Crippen molar-refractivity contribution in [3.8, 4) is 0 Å². The molecule has 0 saturated carbocycles. The van der Waals surface area contributed by atoms with E-state index in [1.807, 2.05) is 31.2 Å². The summed E-state index contributed by atoms with van der Waals surface area (Å²) in [4.78, 5) is 20.1. The highest BCUT2D eigenvalue weighted by Crippen LogP contribution is 2.21. The highest BCUT2D eigenvalue weighted by Gasteiger charge is 2.07. The number of carbonyl (C=O) groups is 1. The first-order valence-electron chi connectivity index (χ1n) is 6.19. The second-order valence-electron chi connectivity index (χ2n) is 3.97. The Labute approximate surface area is 111 Å². The van der Waals surface area contributed by atoms with Gasteiger partial charge in [-0.05, 0) is 19.1 Å². The number of fused-ring (bicyclic) bond motifs is 1. The van der Waals surface area contributed by atoms with Crippen molar-refractivity contribution >= 4 is 28.6 Å². The van der Waals surface area contributed by atoms with E-state index in [0.717, 1.165) is 17.4 Å². The van der Waals surface area contributed by atoms with Crippen molar-refractivity contribution in [1.82, 2.24) is 15.3 Å². The summed E-state index contributed by atoms with van der Waals surface area (Å²) in [6, 6.07) is 7.69. The van der Waals surface area contributed by atoms with E-state index in [1.165, 1.54) is 0 Å². The molecule has 100 valence electrons. The molecule has 3 N–H and O–H groups in total. The number of nitrogens with zero attached hydrogens (tertiary/aromatic N) is 2. The topological polar surface area (TPSA) is 78.9 Å². The molecule has 1 amide bonds. The van der Waals surface area contributed by atoms with Crippen molar-refractivity contribution in [3.63, 3.8) is 0 Å². The number of hydrogen-bond acceptors (Lipinski definition) is 5. The van der Waals surface area contributed by atoms with Gasteiger partial charge in [0, 0.05) is 19.0 Å². The zero-order valence-corrected chi connectivity index (χ0v) is 11.0. The molecule has 6 nitrogen and oxygen atoms in total. The van der Waals surface area contributed by atoms with Crippen LogP contribution in [0.15, 0.2) is 24.3 Å². The van der Waals surface area contributed by atoms with Gasteiger partial charge < -0.3 is 16.0 Å². The van der Waals surface area contributed by atoms with E-state index in [2.05, 4.69) is 25.9 Å². The first-order valence-corrected chi connectivity index (χ1v) is 6.19. The standard InChI is InChI=1S/C13H17N5O/c1-3-15-13-17-10-7-5-4-6-9(10)12(18-13)16-8-11(19)14-2/h4-7H,3,8H2,1-2H3,(H,14,19)(H2,15,16,17,18). The molecular weight excluding hydrogens is 242 g/mol. The third kappa shape index (κ3) is 3.09. The number of para-hydroxylation sites is 1. The number of anilines is 2. The molecule has 1 heterocycles. The minimum atomic E-state index is -0.0901. The second-order valence-corrected chi connectivity index (χ2v) is 3.97. The summed E-state index contributed by atoms with van der Waals surface area (Å²) in [6.07, 6.45) is 0. The Bertz CT molecular complexity index is 584. The fourth-order valence-corrected chi connectivity index (χ4v) is 1.70. The van der Waals surface area contributed by atoms with Crippen LogP contribution in [0.4, 0.5) is 11.8 Å². The zero-order chi connectivity index (χ0) is 13.7. The molecule has 2 aromatic rings. The average molecular weight is 259 g/mol. The van der Waals surface area contributed by atoms with Crippen LogP contribution in [0.25, 0.3) is 10.9 Å². The van der Waals surface area contributed by atoms with E-state index >= 15 is 0 Å². The van der Waals surface area contributed by atoms with Crippen LogP contribution >= 0.6 is 0 Å². The van der Waals surface area contributed by atoms with Crippen LogP contribution in [0.5, 0.6) is 0 Å². The molecule has 0 unspecified atom stereocenters. The first kappa shape index (κ1) is 13.1. The number of carbonyl (C=O) groups excluding carboxylic acids is 1. The molecule has 0 aliphatic heterocycles. The third-order valence-electron chi connectivity index (χ3n) is 2.63. The van der Waals surface area contributed by atoms with Gasteiger partial charge in [0.05, 0.1) is 12.1 Å². The van der Waals surface area contributed by atoms with E-state index in [-0.39, 0.29) is 12.5 Å². The molecule has 0 radical (unpaired) electrons. The normalized spacial score (nSPS) is 10.2. The molecule has 6 heteroatoms. The van der Waals surface area contributed by atoms with Crippen LogP contribution in [0.1, 0.15) is 6.92 Å². The predicted molar refractivity (Wildman–Crippen MR) is 76.3 cm³/mol. The molecule has 1 aromatic carbocycles. The van der Waals surface area contributed by atoms with Gasteiger partial charge in [0.15, 0.2) is 0 Å². The number of nitrogens with one attached hydrogen (secondary N) is 3. The van der Waals surface area contributed by atoms with Gasteiger partial charge >= 0.3 is 0 Å². The predicted octanol–water partition coefficient (Wildman–Crippen LogP) is 1.22. The van der Waals surface area contributed by atoms with E-state index in [9.17, 15) is 4.79 Å². The molecule has 0 aliphatic rings. The molecule has 0 atom stereocenters. The highest BCUT2D eigenvalue weighted by atomic mass is 16.1. The first-order chi connectivity index (χ1) is 9.24. The smallest absolute Gasteiger partial charge is 0.239 e. The lowest BCUT2D eigenvalue weighted by Crippen LogP contribution is -2.26. The van der Waals surface area contributed by atoms with Crippen LogP contribution in [-0.2, 0) is 4.79 Å². The van der Waals surface area contributed by atoms with Crippen LogP contribution < -0.4 is 16.0 Å². The lowest BCUT2D eigenvalue weighted by molar-refractivity contribution is -0.118. The average Bonchev–Trinajstić information content (AvgIpc) is 2.44.